The molecule has 4 aliphatic rings. The standard InChI is InChI=1S/C68H59B3N2O4/c1-66(2,3)46-26-30-49(31-27-46)69-51-13-10-11-16-57(51)72-59-38-48(68(7,8)9)39-60-61(59)71(56-37-45(36-55(69)63(56)72)41-19-23-43(24-20-41)65(76)77)53-15-12-14-52-62(53)73(60)58-34-25-44(40-17-21-42(22-18-40)64(74)75)35-54(58)70(52)50-32-28-47(29-33-50)67(4,5)6/h10-39H,1-9H3,(H,74,75)(H,76,77). The van der Waals surface area contributed by atoms with E-state index in [0.29, 0.717) is 0 Å². The van der Waals surface area contributed by atoms with Gasteiger partial charge in [0.25, 0.3) is 6.71 Å². The number of benzene rings is 9. The number of aromatic carboxylic acids is 2. The summed E-state index contributed by atoms with van der Waals surface area (Å²) in [6.07, 6.45) is 0. The first-order valence-electron chi connectivity index (χ1n) is 26.9. The minimum Gasteiger partial charge on any atom is -0.478 e. The van der Waals surface area contributed by atoms with Gasteiger partial charge < -0.3 is 20.0 Å². The summed E-state index contributed by atoms with van der Waals surface area (Å²) in [7, 11) is 0. The minimum atomic E-state index is -0.946. The van der Waals surface area contributed by atoms with Gasteiger partial charge in [-0.05, 0) is 142 Å². The van der Waals surface area contributed by atoms with Gasteiger partial charge in [-0.3, -0.25) is 0 Å². The number of carboxylic acid groups (broad SMARTS) is 2. The highest BCUT2D eigenvalue weighted by atomic mass is 16.4. The fourth-order valence-electron chi connectivity index (χ4n) is 12.9. The molecular weight excluding hydrogens is 941 g/mol. The molecule has 9 aromatic carbocycles. The van der Waals surface area contributed by atoms with E-state index in [0.717, 1.165) is 39.3 Å². The summed E-state index contributed by atoms with van der Waals surface area (Å²) in [5.74, 6) is -1.89. The van der Waals surface area contributed by atoms with Crippen molar-refractivity contribution in [1.82, 2.24) is 0 Å². The molecule has 0 bridgehead atoms. The zero-order valence-corrected chi connectivity index (χ0v) is 45.2. The zero-order valence-electron chi connectivity index (χ0n) is 45.2. The summed E-state index contributed by atoms with van der Waals surface area (Å²) in [6.45, 7) is 20.1. The number of carboxylic acids is 2. The number of hydrogen-bond donors (Lipinski definition) is 2. The number of carbonyl (C=O) groups is 2. The molecular formula is C68H59B3N2O4. The molecule has 0 saturated carbocycles. The third-order valence-electron chi connectivity index (χ3n) is 16.9. The van der Waals surface area contributed by atoms with E-state index in [2.05, 4.69) is 206 Å². The van der Waals surface area contributed by atoms with Crippen molar-refractivity contribution in [1.29, 1.82) is 0 Å². The maximum atomic E-state index is 12.2. The maximum Gasteiger partial charge on any atom is 0.335 e. The van der Waals surface area contributed by atoms with Crippen LogP contribution in [0.15, 0.2) is 182 Å². The first-order valence-corrected chi connectivity index (χ1v) is 26.9. The van der Waals surface area contributed by atoms with Crippen molar-refractivity contribution in [2.45, 2.75) is 78.6 Å². The van der Waals surface area contributed by atoms with Gasteiger partial charge in [-0.25, -0.2) is 9.59 Å². The lowest BCUT2D eigenvalue weighted by Crippen LogP contribution is -2.69. The van der Waals surface area contributed by atoms with E-state index in [1.807, 2.05) is 24.3 Å². The highest BCUT2D eigenvalue weighted by molar-refractivity contribution is 7.05. The Morgan fingerprint density at radius 2 is 0.753 bits per heavy atom. The molecule has 4 heterocycles. The van der Waals surface area contributed by atoms with Crippen LogP contribution in [0.5, 0.6) is 0 Å². The second kappa shape index (κ2) is 17.1. The molecule has 9 aromatic rings. The second-order valence-electron chi connectivity index (χ2n) is 24.8. The lowest BCUT2D eigenvalue weighted by atomic mass is 9.28. The summed E-state index contributed by atoms with van der Waals surface area (Å²) in [6, 6.07) is 65.6. The Morgan fingerprint density at radius 3 is 1.26 bits per heavy atom. The van der Waals surface area contributed by atoms with Crippen molar-refractivity contribution in [3.05, 3.63) is 210 Å². The van der Waals surface area contributed by atoms with Crippen LogP contribution in [0.2, 0.25) is 0 Å². The predicted octanol–water partition coefficient (Wildman–Crippen LogP) is 10.1. The van der Waals surface area contributed by atoms with E-state index in [1.165, 1.54) is 82.9 Å². The quantitative estimate of drug-likeness (QED) is 0.162. The molecule has 0 saturated heterocycles. The maximum absolute atomic E-state index is 12.2. The smallest absolute Gasteiger partial charge is 0.335 e. The van der Waals surface area contributed by atoms with E-state index >= 15 is 0 Å². The van der Waals surface area contributed by atoms with E-state index in [-0.39, 0.29) is 47.5 Å². The van der Waals surface area contributed by atoms with Crippen LogP contribution in [-0.4, -0.2) is 42.3 Å². The van der Waals surface area contributed by atoms with Gasteiger partial charge in [-0.1, -0.05) is 207 Å². The van der Waals surface area contributed by atoms with Gasteiger partial charge in [-0.2, -0.15) is 0 Å². The van der Waals surface area contributed by atoms with Gasteiger partial charge in [0.2, 0.25) is 13.4 Å². The summed E-state index contributed by atoms with van der Waals surface area (Å²) >= 11 is 0. The van der Waals surface area contributed by atoms with Gasteiger partial charge in [-0.15, -0.1) is 0 Å². The highest BCUT2D eigenvalue weighted by Crippen LogP contribution is 2.48. The van der Waals surface area contributed by atoms with E-state index in [1.54, 1.807) is 24.3 Å². The summed E-state index contributed by atoms with van der Waals surface area (Å²) in [5.41, 5.74) is 26.0. The summed E-state index contributed by atoms with van der Waals surface area (Å²) in [5, 5.41) is 19.9. The van der Waals surface area contributed by atoms with Gasteiger partial charge in [0, 0.05) is 34.1 Å². The topological polar surface area (TPSA) is 81.1 Å². The number of anilines is 6. The van der Waals surface area contributed by atoms with Crippen molar-refractivity contribution in [2.24, 2.45) is 0 Å². The monoisotopic (exact) mass is 1000 g/mol. The number of para-hydroxylation sites is 2. The average Bonchev–Trinajstić information content (AvgIpc) is 3.57. The molecule has 9 heteroatoms. The van der Waals surface area contributed by atoms with Gasteiger partial charge in [0.15, 0.2) is 0 Å². The number of rotatable bonds is 6. The van der Waals surface area contributed by atoms with Gasteiger partial charge in [0.1, 0.15) is 0 Å². The molecule has 13 rings (SSSR count). The third-order valence-corrected chi connectivity index (χ3v) is 16.9. The summed E-state index contributed by atoms with van der Waals surface area (Å²) in [4.78, 5) is 29.4. The Balaban J connectivity index is 1.12. The van der Waals surface area contributed by atoms with Crippen molar-refractivity contribution in [2.75, 3.05) is 9.80 Å². The molecule has 0 aromatic heterocycles. The van der Waals surface area contributed by atoms with Crippen LogP contribution in [0.25, 0.3) is 22.3 Å². The molecule has 0 fully saturated rings. The largest absolute Gasteiger partial charge is 0.478 e. The second-order valence-corrected chi connectivity index (χ2v) is 24.8. The molecule has 0 atom stereocenters. The van der Waals surface area contributed by atoms with Gasteiger partial charge >= 0.3 is 11.9 Å². The Morgan fingerprint density at radius 1 is 0.351 bits per heavy atom. The Labute approximate surface area is 453 Å². The lowest BCUT2D eigenvalue weighted by Gasteiger charge is -2.50. The highest BCUT2D eigenvalue weighted by Gasteiger charge is 2.51. The Kier molecular flexibility index (Phi) is 10.7. The SMILES string of the molecule is CC(C)(C)c1ccc(B2c3cc(-c4ccc(C(=O)O)cc4)ccc3N3c4cc(C(C)(C)C)cc5c4B(c4cccc2c43)c2cc(-c3ccc(C(=O)O)cc3)cc3c2N5c2ccccc2B3c2ccc(C(C)(C)C)cc2)cc1. The van der Waals surface area contributed by atoms with Crippen molar-refractivity contribution < 1.29 is 19.8 Å². The average molecular weight is 1000 g/mol. The molecule has 0 amide bonds. The molecule has 0 aliphatic carbocycles. The van der Waals surface area contributed by atoms with Crippen LogP contribution in [0.3, 0.4) is 0 Å². The van der Waals surface area contributed by atoms with E-state index in [9.17, 15) is 19.8 Å². The van der Waals surface area contributed by atoms with Crippen molar-refractivity contribution in [3.63, 3.8) is 0 Å². The van der Waals surface area contributed by atoms with Crippen LogP contribution >= 0.6 is 0 Å². The molecule has 0 spiro atoms. The molecule has 0 unspecified atom stereocenters. The number of nitrogens with zero attached hydrogens (tertiary/aromatic N) is 2. The third kappa shape index (κ3) is 7.63. The molecule has 2 N–H and O–H groups in total. The number of fused-ring (bicyclic) bond motifs is 8. The van der Waals surface area contributed by atoms with Crippen molar-refractivity contribution >= 4 is 115 Å². The Bertz CT molecular complexity index is 3940. The number of hydrogen-bond acceptors (Lipinski definition) is 4. The van der Waals surface area contributed by atoms with Crippen LogP contribution in [0.4, 0.5) is 34.1 Å². The predicted molar refractivity (Wildman–Crippen MR) is 324 cm³/mol. The molecule has 4 aliphatic heterocycles. The van der Waals surface area contributed by atoms with Gasteiger partial charge in [0.05, 0.1) is 11.1 Å². The Hall–Kier alpha value is -8.29. The van der Waals surface area contributed by atoms with E-state index < -0.39 is 11.9 Å². The molecule has 374 valence electrons. The van der Waals surface area contributed by atoms with Crippen LogP contribution < -0.4 is 59.0 Å². The van der Waals surface area contributed by atoms with E-state index in [4.69, 9.17) is 0 Å². The van der Waals surface area contributed by atoms with Crippen LogP contribution in [0.1, 0.15) is 99.7 Å². The minimum absolute atomic E-state index is 0.00959. The molecule has 6 nitrogen and oxygen atoms in total. The summed E-state index contributed by atoms with van der Waals surface area (Å²) < 4.78 is 0. The first kappa shape index (κ1) is 48.4. The van der Waals surface area contributed by atoms with Crippen molar-refractivity contribution in [3.8, 4) is 22.3 Å². The normalized spacial score (nSPS) is 13.9. The molecule has 77 heavy (non-hydrogen) atoms. The fourth-order valence-corrected chi connectivity index (χ4v) is 12.9. The first-order chi connectivity index (χ1) is 36.7. The lowest BCUT2D eigenvalue weighted by molar-refractivity contribution is 0.0686. The van der Waals surface area contributed by atoms with Crippen LogP contribution in [0, 0.1) is 0 Å². The van der Waals surface area contributed by atoms with Crippen LogP contribution in [-0.2, 0) is 16.2 Å². The fraction of sp³-hybridized carbons (Fsp3) is 0.176. The molecule has 0 radical (unpaired) electrons. The zero-order chi connectivity index (χ0) is 53.6.